The number of H-pyrrole nitrogens is 1. The van der Waals surface area contributed by atoms with Gasteiger partial charge in [-0.2, -0.15) is 13.2 Å². The van der Waals surface area contributed by atoms with E-state index in [1.54, 1.807) is 45.4 Å². The first-order chi connectivity index (χ1) is 16.1. The Hall–Kier alpha value is -3.43. The lowest BCUT2D eigenvalue weighted by Gasteiger charge is -2.22. The molecular weight excluding hydrogens is 447 g/mol. The van der Waals surface area contributed by atoms with E-state index < -0.39 is 30.8 Å². The van der Waals surface area contributed by atoms with Crippen LogP contribution in [0.3, 0.4) is 0 Å². The molecule has 182 valence electrons. The van der Waals surface area contributed by atoms with E-state index in [4.69, 9.17) is 0 Å². The highest BCUT2D eigenvalue weighted by Crippen LogP contribution is 2.30. The highest BCUT2D eigenvalue weighted by Gasteiger charge is 2.31. The van der Waals surface area contributed by atoms with Crippen LogP contribution in [-0.2, 0) is 16.1 Å². The molecule has 3 heterocycles. The summed E-state index contributed by atoms with van der Waals surface area (Å²) in [6.07, 6.45) is 0.989. The maximum atomic E-state index is 12.6. The van der Waals surface area contributed by atoms with E-state index in [9.17, 15) is 22.8 Å². The van der Waals surface area contributed by atoms with Crippen LogP contribution in [0.2, 0.25) is 0 Å². The number of fused-ring (bicyclic) bond motifs is 1. The van der Waals surface area contributed by atoms with Gasteiger partial charge in [0, 0.05) is 60.7 Å². The van der Waals surface area contributed by atoms with Crippen LogP contribution >= 0.6 is 0 Å². The van der Waals surface area contributed by atoms with Crippen LogP contribution in [0.5, 0.6) is 0 Å². The van der Waals surface area contributed by atoms with Crippen molar-refractivity contribution in [2.24, 2.45) is 5.92 Å². The molecule has 0 aliphatic rings. The third kappa shape index (κ3) is 6.55. The molecule has 0 aliphatic carbocycles. The molecule has 10 heteroatoms. The second-order valence-corrected chi connectivity index (χ2v) is 8.48. The van der Waals surface area contributed by atoms with E-state index in [1.165, 1.54) is 6.20 Å². The fourth-order valence-electron chi connectivity index (χ4n) is 3.59. The fourth-order valence-corrected chi connectivity index (χ4v) is 3.59. The molecular formula is C24H28F3N5O2. The van der Waals surface area contributed by atoms with Crippen LogP contribution in [0.1, 0.15) is 45.6 Å². The first-order valence-corrected chi connectivity index (χ1v) is 11.1. The Morgan fingerprint density at radius 1 is 1.15 bits per heavy atom. The van der Waals surface area contributed by atoms with Crippen LogP contribution in [-0.4, -0.2) is 38.9 Å². The molecule has 3 aromatic heterocycles. The number of amides is 1. The molecule has 0 spiro atoms. The van der Waals surface area contributed by atoms with E-state index in [-0.39, 0.29) is 11.8 Å². The smallest absolute Gasteiger partial charge is 0.374 e. The van der Waals surface area contributed by atoms with Crippen molar-refractivity contribution in [3.05, 3.63) is 42.5 Å². The SMILES string of the molecule is CCC(=O)NCc1cnc2[nH]cc(-c3cncc(NC(C(=O)CCC(F)(F)F)C(C)C)c3)c2c1. The van der Waals surface area contributed by atoms with Crippen LogP contribution in [0.4, 0.5) is 18.9 Å². The number of hydrogen-bond acceptors (Lipinski definition) is 5. The normalized spacial score (nSPS) is 12.7. The monoisotopic (exact) mass is 475 g/mol. The van der Waals surface area contributed by atoms with Gasteiger partial charge < -0.3 is 15.6 Å². The summed E-state index contributed by atoms with van der Waals surface area (Å²) in [7, 11) is 0. The molecule has 3 N–H and O–H groups in total. The highest BCUT2D eigenvalue weighted by atomic mass is 19.4. The number of aromatic nitrogens is 3. The lowest BCUT2D eigenvalue weighted by atomic mass is 9.96. The number of anilines is 1. The molecule has 0 aliphatic heterocycles. The molecule has 0 saturated heterocycles. The molecule has 1 amide bonds. The van der Waals surface area contributed by atoms with Gasteiger partial charge in [0.05, 0.1) is 18.2 Å². The largest absolute Gasteiger partial charge is 0.389 e. The number of aromatic amines is 1. The van der Waals surface area contributed by atoms with Crippen molar-refractivity contribution in [2.45, 2.75) is 58.8 Å². The van der Waals surface area contributed by atoms with Crippen molar-refractivity contribution in [1.82, 2.24) is 20.3 Å². The Balaban J connectivity index is 1.82. The molecule has 7 nitrogen and oxygen atoms in total. The van der Waals surface area contributed by atoms with Gasteiger partial charge in [-0.25, -0.2) is 4.98 Å². The van der Waals surface area contributed by atoms with Gasteiger partial charge in [0.15, 0.2) is 5.78 Å². The van der Waals surface area contributed by atoms with Gasteiger partial charge in [-0.3, -0.25) is 14.6 Å². The van der Waals surface area contributed by atoms with Gasteiger partial charge in [-0.15, -0.1) is 0 Å². The molecule has 1 atom stereocenters. The van der Waals surface area contributed by atoms with Crippen molar-refractivity contribution in [1.29, 1.82) is 0 Å². The van der Waals surface area contributed by atoms with Crippen molar-refractivity contribution in [3.8, 4) is 11.1 Å². The van der Waals surface area contributed by atoms with Gasteiger partial charge in [0.1, 0.15) is 5.65 Å². The minimum Gasteiger partial charge on any atom is -0.374 e. The van der Waals surface area contributed by atoms with Gasteiger partial charge in [0.2, 0.25) is 5.91 Å². The summed E-state index contributed by atoms with van der Waals surface area (Å²) in [6, 6.07) is 2.97. The minimum absolute atomic E-state index is 0.0538. The molecule has 0 radical (unpaired) electrons. The van der Waals surface area contributed by atoms with E-state index in [2.05, 4.69) is 25.6 Å². The molecule has 0 aromatic carbocycles. The quantitative estimate of drug-likeness (QED) is 0.383. The number of nitrogens with one attached hydrogen (secondary N) is 3. The summed E-state index contributed by atoms with van der Waals surface area (Å²) in [4.78, 5) is 35.8. The Morgan fingerprint density at radius 2 is 1.91 bits per heavy atom. The zero-order valence-corrected chi connectivity index (χ0v) is 19.3. The van der Waals surface area contributed by atoms with E-state index in [0.717, 1.165) is 22.1 Å². The average molecular weight is 476 g/mol. The molecule has 3 aromatic rings. The highest BCUT2D eigenvalue weighted by molar-refractivity contribution is 5.94. The van der Waals surface area contributed by atoms with Crippen LogP contribution < -0.4 is 10.6 Å². The van der Waals surface area contributed by atoms with Gasteiger partial charge >= 0.3 is 6.18 Å². The number of halogens is 3. The maximum absolute atomic E-state index is 12.6. The van der Waals surface area contributed by atoms with Gasteiger partial charge in [-0.1, -0.05) is 20.8 Å². The lowest BCUT2D eigenvalue weighted by molar-refractivity contribution is -0.143. The number of alkyl halides is 3. The summed E-state index contributed by atoms with van der Waals surface area (Å²) >= 11 is 0. The molecule has 0 bridgehead atoms. The van der Waals surface area contributed by atoms with Crippen molar-refractivity contribution >= 4 is 28.4 Å². The Bertz CT molecular complexity index is 1160. The van der Waals surface area contributed by atoms with E-state index in [1.807, 2.05) is 6.07 Å². The van der Waals surface area contributed by atoms with Crippen molar-refractivity contribution < 1.29 is 22.8 Å². The first kappa shape index (κ1) is 25.2. The summed E-state index contributed by atoms with van der Waals surface area (Å²) in [5.41, 5.74) is 3.61. The van der Waals surface area contributed by atoms with Crippen molar-refractivity contribution in [3.63, 3.8) is 0 Å². The third-order valence-electron chi connectivity index (χ3n) is 5.44. The summed E-state index contributed by atoms with van der Waals surface area (Å²) in [5.74, 6) is -0.753. The predicted molar refractivity (Wildman–Crippen MR) is 124 cm³/mol. The topological polar surface area (TPSA) is 99.8 Å². The van der Waals surface area contributed by atoms with E-state index in [0.29, 0.717) is 24.3 Å². The number of rotatable bonds is 10. The molecule has 3 rings (SSSR count). The van der Waals surface area contributed by atoms with Gasteiger partial charge in [0.25, 0.3) is 0 Å². The molecule has 0 saturated carbocycles. The number of carbonyl (C=O) groups is 2. The van der Waals surface area contributed by atoms with Crippen LogP contribution in [0, 0.1) is 5.92 Å². The predicted octanol–water partition coefficient (Wildman–Crippen LogP) is 5.00. The van der Waals surface area contributed by atoms with Crippen LogP contribution in [0.15, 0.2) is 36.9 Å². The zero-order chi connectivity index (χ0) is 24.9. The molecule has 1 unspecified atom stereocenters. The van der Waals surface area contributed by atoms with Gasteiger partial charge in [-0.05, 0) is 23.6 Å². The van der Waals surface area contributed by atoms with E-state index >= 15 is 0 Å². The number of nitrogens with zero attached hydrogens (tertiary/aromatic N) is 2. The number of ketones is 1. The second kappa shape index (κ2) is 10.7. The maximum Gasteiger partial charge on any atom is 0.389 e. The zero-order valence-electron chi connectivity index (χ0n) is 19.3. The number of pyridine rings is 2. The fraction of sp³-hybridized carbons (Fsp3) is 0.417. The average Bonchev–Trinajstić information content (AvgIpc) is 3.22. The summed E-state index contributed by atoms with van der Waals surface area (Å²) in [5, 5.41) is 6.72. The third-order valence-corrected chi connectivity index (χ3v) is 5.44. The Kier molecular flexibility index (Phi) is 7.90. The summed E-state index contributed by atoms with van der Waals surface area (Å²) in [6.45, 7) is 5.70. The lowest BCUT2D eigenvalue weighted by Crippen LogP contribution is -2.35. The Morgan fingerprint density at radius 3 is 2.59 bits per heavy atom. The number of Topliss-reactive ketones (excluding diaryl/α,β-unsaturated/α-hetero) is 1. The minimum atomic E-state index is -4.37. The number of hydrogen-bond donors (Lipinski definition) is 3. The molecule has 0 fully saturated rings. The van der Waals surface area contributed by atoms with Crippen molar-refractivity contribution in [2.75, 3.05) is 5.32 Å². The Labute approximate surface area is 195 Å². The second-order valence-electron chi connectivity index (χ2n) is 8.48. The molecule has 34 heavy (non-hydrogen) atoms. The standard InChI is InChI=1S/C24H28F3N5O2/c1-4-21(34)29-9-15-7-18-19(13-31-23(18)30-10-15)16-8-17(12-28-11-16)32-22(14(2)3)20(33)5-6-24(25,26)27/h7-8,10-14,22,32H,4-6,9H2,1-3H3,(H,29,34)(H,30,31). The first-order valence-electron chi connectivity index (χ1n) is 11.1. The van der Waals surface area contributed by atoms with Crippen LogP contribution in [0.25, 0.3) is 22.2 Å². The number of carbonyl (C=O) groups excluding carboxylic acids is 2. The summed E-state index contributed by atoms with van der Waals surface area (Å²) < 4.78 is 37.7.